The highest BCUT2D eigenvalue weighted by atomic mass is 16.4. The summed E-state index contributed by atoms with van der Waals surface area (Å²) >= 11 is 0. The van der Waals surface area contributed by atoms with Crippen LogP contribution in [0, 0.1) is 0 Å². The fourth-order valence-electron chi connectivity index (χ4n) is 1.94. The highest BCUT2D eigenvalue weighted by Crippen LogP contribution is 2.11. The van der Waals surface area contributed by atoms with E-state index in [9.17, 15) is 19.8 Å². The first-order valence-electron chi connectivity index (χ1n) is 6.43. The molecule has 0 aromatic heterocycles. The normalized spacial score (nSPS) is 11.6. The molecule has 2 rings (SSSR count). The van der Waals surface area contributed by atoms with E-state index < -0.39 is 17.9 Å². The number of hydrogen-bond donors (Lipinski definition) is 3. The van der Waals surface area contributed by atoms with Gasteiger partial charge in [-0.05, 0) is 23.8 Å². The van der Waals surface area contributed by atoms with Crippen molar-refractivity contribution in [1.29, 1.82) is 0 Å². The summed E-state index contributed by atoms with van der Waals surface area (Å²) < 4.78 is 0. The number of carboxylic acids is 1. The summed E-state index contributed by atoms with van der Waals surface area (Å²) in [6, 6.07) is 13.8. The van der Waals surface area contributed by atoms with Gasteiger partial charge in [0.25, 0.3) is 5.91 Å². The Kier molecular flexibility index (Phi) is 4.56. The highest BCUT2D eigenvalue weighted by Gasteiger charge is 2.21. The largest absolute Gasteiger partial charge is 0.508 e. The number of benzene rings is 2. The molecule has 3 N–H and O–H groups in total. The number of carbonyl (C=O) groups excluding carboxylic acids is 1. The number of hydrogen-bond acceptors (Lipinski definition) is 3. The van der Waals surface area contributed by atoms with Gasteiger partial charge in [-0.2, -0.15) is 0 Å². The van der Waals surface area contributed by atoms with Gasteiger partial charge < -0.3 is 15.5 Å². The standard InChI is InChI=1S/C16H15NO4/c18-13-8-4-7-12(10-13)15(19)17-14(16(20)21)9-11-5-2-1-3-6-11/h1-8,10,14,18H,9H2,(H,17,19)(H,20,21). The molecule has 0 aliphatic rings. The zero-order valence-electron chi connectivity index (χ0n) is 11.2. The molecule has 0 spiro atoms. The molecule has 0 bridgehead atoms. The maximum Gasteiger partial charge on any atom is 0.326 e. The van der Waals surface area contributed by atoms with Gasteiger partial charge in [-0.15, -0.1) is 0 Å². The Labute approximate surface area is 121 Å². The lowest BCUT2D eigenvalue weighted by molar-refractivity contribution is -0.139. The Morgan fingerprint density at radius 2 is 1.76 bits per heavy atom. The Morgan fingerprint density at radius 3 is 2.38 bits per heavy atom. The van der Waals surface area contributed by atoms with Crippen LogP contribution in [-0.4, -0.2) is 28.1 Å². The van der Waals surface area contributed by atoms with E-state index in [1.165, 1.54) is 24.3 Å². The van der Waals surface area contributed by atoms with Gasteiger partial charge in [0.1, 0.15) is 11.8 Å². The third-order valence-corrected chi connectivity index (χ3v) is 2.99. The molecule has 0 heterocycles. The summed E-state index contributed by atoms with van der Waals surface area (Å²) in [5.41, 5.74) is 1.04. The van der Waals surface area contributed by atoms with Crippen molar-refractivity contribution >= 4 is 11.9 Å². The van der Waals surface area contributed by atoms with E-state index in [-0.39, 0.29) is 17.7 Å². The van der Waals surface area contributed by atoms with Crippen LogP contribution in [-0.2, 0) is 11.2 Å². The van der Waals surface area contributed by atoms with Crippen LogP contribution < -0.4 is 5.32 Å². The number of aromatic hydroxyl groups is 1. The second-order valence-corrected chi connectivity index (χ2v) is 4.60. The molecule has 0 saturated carbocycles. The lowest BCUT2D eigenvalue weighted by atomic mass is 10.1. The summed E-state index contributed by atoms with van der Waals surface area (Å²) in [5.74, 6) is -1.68. The van der Waals surface area contributed by atoms with E-state index >= 15 is 0 Å². The first-order valence-corrected chi connectivity index (χ1v) is 6.43. The molecule has 5 heteroatoms. The van der Waals surface area contributed by atoms with Crippen LogP contribution in [0.1, 0.15) is 15.9 Å². The minimum absolute atomic E-state index is 0.0439. The third-order valence-electron chi connectivity index (χ3n) is 2.99. The maximum atomic E-state index is 12.0. The zero-order valence-corrected chi connectivity index (χ0v) is 11.2. The number of aliphatic carboxylic acids is 1. The number of nitrogens with one attached hydrogen (secondary N) is 1. The van der Waals surface area contributed by atoms with Crippen molar-refractivity contribution < 1.29 is 19.8 Å². The molecule has 0 saturated heterocycles. The molecule has 21 heavy (non-hydrogen) atoms. The van der Waals surface area contributed by atoms with E-state index in [1.807, 2.05) is 18.2 Å². The first kappa shape index (κ1) is 14.6. The second-order valence-electron chi connectivity index (χ2n) is 4.60. The lowest BCUT2D eigenvalue weighted by Gasteiger charge is -2.14. The number of carbonyl (C=O) groups is 2. The number of amides is 1. The van der Waals surface area contributed by atoms with Crippen molar-refractivity contribution in [2.45, 2.75) is 12.5 Å². The summed E-state index contributed by atoms with van der Waals surface area (Å²) in [5, 5.41) is 21.0. The van der Waals surface area contributed by atoms with Gasteiger partial charge in [0.05, 0.1) is 0 Å². The highest BCUT2D eigenvalue weighted by molar-refractivity contribution is 5.96. The van der Waals surface area contributed by atoms with E-state index in [1.54, 1.807) is 12.1 Å². The SMILES string of the molecule is O=C(NC(Cc1ccccc1)C(=O)O)c1cccc(O)c1. The number of carboxylic acid groups (broad SMARTS) is 1. The molecule has 5 nitrogen and oxygen atoms in total. The average Bonchev–Trinajstić information content (AvgIpc) is 2.47. The van der Waals surface area contributed by atoms with Gasteiger partial charge in [-0.25, -0.2) is 4.79 Å². The lowest BCUT2D eigenvalue weighted by Crippen LogP contribution is -2.42. The fourth-order valence-corrected chi connectivity index (χ4v) is 1.94. The van der Waals surface area contributed by atoms with E-state index in [2.05, 4.69) is 5.32 Å². The van der Waals surface area contributed by atoms with E-state index in [4.69, 9.17) is 0 Å². The topological polar surface area (TPSA) is 86.6 Å². The van der Waals surface area contributed by atoms with Crippen LogP contribution in [0.25, 0.3) is 0 Å². The Hall–Kier alpha value is -2.82. The minimum Gasteiger partial charge on any atom is -0.508 e. The Morgan fingerprint density at radius 1 is 1.05 bits per heavy atom. The molecule has 0 radical (unpaired) electrons. The molecule has 2 aromatic rings. The van der Waals surface area contributed by atoms with Gasteiger partial charge >= 0.3 is 5.97 Å². The maximum absolute atomic E-state index is 12.0. The number of rotatable bonds is 5. The van der Waals surface area contributed by atoms with Crippen LogP contribution in [0.15, 0.2) is 54.6 Å². The molecule has 0 fully saturated rings. The van der Waals surface area contributed by atoms with Crippen LogP contribution in [0.3, 0.4) is 0 Å². The van der Waals surface area contributed by atoms with Crippen LogP contribution in [0.5, 0.6) is 5.75 Å². The smallest absolute Gasteiger partial charge is 0.326 e. The molecule has 1 atom stereocenters. The molecule has 1 unspecified atom stereocenters. The van der Waals surface area contributed by atoms with Crippen LogP contribution in [0.4, 0.5) is 0 Å². The van der Waals surface area contributed by atoms with E-state index in [0.717, 1.165) is 5.56 Å². The van der Waals surface area contributed by atoms with Gasteiger partial charge in [-0.1, -0.05) is 36.4 Å². The zero-order chi connectivity index (χ0) is 15.2. The molecular formula is C16H15NO4. The Balaban J connectivity index is 2.10. The van der Waals surface area contributed by atoms with Gasteiger partial charge in [0.15, 0.2) is 0 Å². The minimum atomic E-state index is -1.10. The summed E-state index contributed by atoms with van der Waals surface area (Å²) in [4.78, 5) is 23.3. The molecule has 108 valence electrons. The van der Waals surface area contributed by atoms with Crippen molar-refractivity contribution in [3.63, 3.8) is 0 Å². The van der Waals surface area contributed by atoms with Gasteiger partial charge in [0, 0.05) is 12.0 Å². The summed E-state index contributed by atoms with van der Waals surface area (Å²) in [6.45, 7) is 0. The number of phenols is 1. The quantitative estimate of drug-likeness (QED) is 0.782. The first-order chi connectivity index (χ1) is 10.1. The van der Waals surface area contributed by atoms with Crippen molar-refractivity contribution in [3.8, 4) is 5.75 Å². The van der Waals surface area contributed by atoms with Crippen LogP contribution >= 0.6 is 0 Å². The predicted octanol–water partition coefficient (Wildman–Crippen LogP) is 1.82. The van der Waals surface area contributed by atoms with Gasteiger partial charge in [0.2, 0.25) is 0 Å². The molecule has 0 aliphatic heterocycles. The fraction of sp³-hybridized carbons (Fsp3) is 0.125. The predicted molar refractivity (Wildman–Crippen MR) is 77.1 cm³/mol. The molecule has 2 aromatic carbocycles. The van der Waals surface area contributed by atoms with E-state index in [0.29, 0.717) is 0 Å². The third kappa shape index (κ3) is 4.07. The van der Waals surface area contributed by atoms with Crippen molar-refractivity contribution in [3.05, 3.63) is 65.7 Å². The van der Waals surface area contributed by atoms with Crippen LogP contribution in [0.2, 0.25) is 0 Å². The average molecular weight is 285 g/mol. The molecular weight excluding hydrogens is 270 g/mol. The molecule has 1 amide bonds. The number of phenolic OH excluding ortho intramolecular Hbond substituents is 1. The summed E-state index contributed by atoms with van der Waals surface area (Å²) in [6.07, 6.45) is 0.195. The Bertz CT molecular complexity index is 640. The van der Waals surface area contributed by atoms with Gasteiger partial charge in [-0.3, -0.25) is 4.79 Å². The molecule has 0 aliphatic carbocycles. The van der Waals surface area contributed by atoms with Crippen molar-refractivity contribution in [2.24, 2.45) is 0 Å². The monoisotopic (exact) mass is 285 g/mol. The second kappa shape index (κ2) is 6.56. The van der Waals surface area contributed by atoms with Crippen molar-refractivity contribution in [1.82, 2.24) is 5.32 Å². The summed E-state index contributed by atoms with van der Waals surface area (Å²) in [7, 11) is 0. The van der Waals surface area contributed by atoms with Crippen molar-refractivity contribution in [2.75, 3.05) is 0 Å².